The Morgan fingerprint density at radius 2 is 1.81 bits per heavy atom. The largest absolute Gasteiger partial charge is 0.482 e. The Morgan fingerprint density at radius 3 is 2.50 bits per heavy atom. The summed E-state index contributed by atoms with van der Waals surface area (Å²) in [4.78, 5) is 24.0. The molecule has 0 aliphatic heterocycles. The van der Waals surface area contributed by atoms with E-state index in [1.54, 1.807) is 0 Å². The Morgan fingerprint density at radius 1 is 1.03 bits per heavy atom. The Balaban J connectivity index is 2.13. The molecule has 0 saturated heterocycles. The van der Waals surface area contributed by atoms with E-state index in [1.807, 2.05) is 12.1 Å². The zero-order valence-electron chi connectivity index (χ0n) is 22.9. The Labute approximate surface area is 218 Å². The number of unbranched alkanes of at least 4 members (excludes halogenated alkanes) is 3. The monoisotopic (exact) mass is 504 g/mol. The van der Waals surface area contributed by atoms with Crippen LogP contribution < -0.4 is 4.74 Å². The van der Waals surface area contributed by atoms with Crippen LogP contribution in [0.15, 0.2) is 18.2 Å². The van der Waals surface area contributed by atoms with E-state index < -0.39 is 5.97 Å². The van der Waals surface area contributed by atoms with E-state index in [1.165, 1.54) is 12.7 Å². The molecule has 1 N–H and O–H groups in total. The first-order valence-electron chi connectivity index (χ1n) is 14.1. The second-order valence-corrected chi connectivity index (χ2v) is 10.2. The van der Waals surface area contributed by atoms with E-state index in [2.05, 4.69) is 26.8 Å². The van der Waals surface area contributed by atoms with E-state index >= 15 is 0 Å². The van der Waals surface area contributed by atoms with Crippen LogP contribution in [-0.2, 0) is 31.9 Å². The zero-order valence-corrected chi connectivity index (χ0v) is 22.9. The van der Waals surface area contributed by atoms with Crippen molar-refractivity contribution in [1.82, 2.24) is 0 Å². The lowest BCUT2D eigenvalue weighted by molar-refractivity contribution is -0.151. The number of hydrogen-bond acceptors (Lipinski definition) is 6. The molecule has 2 rings (SSSR count). The number of carbonyl (C=O) groups is 2. The predicted molar refractivity (Wildman–Crippen MR) is 142 cm³/mol. The van der Waals surface area contributed by atoms with Crippen LogP contribution in [-0.4, -0.2) is 43.0 Å². The molecule has 4 atom stereocenters. The van der Waals surface area contributed by atoms with Gasteiger partial charge in [-0.3, -0.25) is 4.79 Å². The van der Waals surface area contributed by atoms with Crippen LogP contribution in [0.4, 0.5) is 0 Å². The summed E-state index contributed by atoms with van der Waals surface area (Å²) in [5.41, 5.74) is 2.33. The van der Waals surface area contributed by atoms with Gasteiger partial charge < -0.3 is 19.3 Å². The van der Waals surface area contributed by atoms with Gasteiger partial charge in [0, 0.05) is 6.42 Å². The number of methoxy groups -OCH3 is 1. The van der Waals surface area contributed by atoms with Gasteiger partial charge in [-0.15, -0.1) is 0 Å². The van der Waals surface area contributed by atoms with Crippen molar-refractivity contribution >= 4 is 11.9 Å². The second-order valence-electron chi connectivity index (χ2n) is 10.2. The van der Waals surface area contributed by atoms with Crippen molar-refractivity contribution in [3.05, 3.63) is 29.3 Å². The highest BCUT2D eigenvalue weighted by molar-refractivity contribution is 5.71. The summed E-state index contributed by atoms with van der Waals surface area (Å²) in [6, 6.07) is 6.02. The third-order valence-electron chi connectivity index (χ3n) is 7.54. The summed E-state index contributed by atoms with van der Waals surface area (Å²) >= 11 is 0. The first-order valence-corrected chi connectivity index (χ1v) is 14.1. The summed E-state index contributed by atoms with van der Waals surface area (Å²) in [7, 11) is 1.36. The minimum atomic E-state index is -0.400. The Bertz CT molecular complexity index is 792. The third kappa shape index (κ3) is 9.76. The molecular formula is C30H48O6. The van der Waals surface area contributed by atoms with Gasteiger partial charge in [0.15, 0.2) is 6.61 Å². The molecular weight excluding hydrogens is 456 g/mol. The maximum Gasteiger partial charge on any atom is 0.343 e. The Kier molecular flexibility index (Phi) is 13.9. The summed E-state index contributed by atoms with van der Waals surface area (Å²) in [5.74, 6) is 0.842. The second kappa shape index (κ2) is 16.6. The number of carbonyl (C=O) groups excluding carboxylic acids is 2. The van der Waals surface area contributed by atoms with E-state index in [-0.39, 0.29) is 30.7 Å². The number of aliphatic hydroxyl groups is 1. The highest BCUT2D eigenvalue weighted by Crippen LogP contribution is 2.41. The molecule has 6 heteroatoms. The van der Waals surface area contributed by atoms with E-state index in [0.717, 1.165) is 88.4 Å². The normalized spacial score (nSPS) is 20.2. The number of benzene rings is 1. The highest BCUT2D eigenvalue weighted by Gasteiger charge is 2.38. The molecule has 36 heavy (non-hydrogen) atoms. The van der Waals surface area contributed by atoms with Crippen molar-refractivity contribution in [2.75, 3.05) is 13.7 Å². The quantitative estimate of drug-likeness (QED) is 0.201. The van der Waals surface area contributed by atoms with Gasteiger partial charge in [0.1, 0.15) is 11.9 Å². The fourth-order valence-corrected chi connectivity index (χ4v) is 5.46. The molecule has 0 spiro atoms. The third-order valence-corrected chi connectivity index (χ3v) is 7.54. The standard InChI is InChI=1S/C30H48O6/c1-5-8-10-13-24(31)17-18-26-23(16-19-28(26)36-29(32)15-9-6-2)20-22-12-11-14-27(25(22)7-3)35-21-30(33)34-4/h11-12,14,23-24,26,28,31H,5-10,13,15-21H2,1-4H3/t23-,24+,26-,28-/m1/s1. The number of esters is 2. The van der Waals surface area contributed by atoms with Gasteiger partial charge in [-0.2, -0.15) is 0 Å². The number of hydrogen-bond donors (Lipinski definition) is 1. The predicted octanol–water partition coefficient (Wildman–Crippen LogP) is 6.19. The minimum Gasteiger partial charge on any atom is -0.482 e. The van der Waals surface area contributed by atoms with Crippen molar-refractivity contribution in [2.45, 2.75) is 116 Å². The molecule has 1 aliphatic carbocycles. The Hall–Kier alpha value is -2.08. The van der Waals surface area contributed by atoms with Crippen LogP contribution in [0.1, 0.15) is 103 Å². The molecule has 204 valence electrons. The molecule has 0 unspecified atom stereocenters. The lowest BCUT2D eigenvalue weighted by Gasteiger charge is -2.27. The van der Waals surface area contributed by atoms with Crippen LogP contribution in [0.25, 0.3) is 0 Å². The molecule has 0 bridgehead atoms. The van der Waals surface area contributed by atoms with E-state index in [4.69, 9.17) is 14.2 Å². The van der Waals surface area contributed by atoms with Crippen LogP contribution >= 0.6 is 0 Å². The van der Waals surface area contributed by atoms with Crippen LogP contribution in [0.5, 0.6) is 5.75 Å². The smallest absolute Gasteiger partial charge is 0.343 e. The SMILES string of the molecule is CCCCC[C@H](O)CC[C@@H]1[C@@H](Cc2cccc(OCC(=O)OC)c2CC)CC[C@H]1OC(=O)CCCC. The zero-order chi connectivity index (χ0) is 26.3. The summed E-state index contributed by atoms with van der Waals surface area (Å²) in [6.45, 7) is 6.24. The maximum absolute atomic E-state index is 12.5. The van der Waals surface area contributed by atoms with Crippen molar-refractivity contribution in [1.29, 1.82) is 0 Å². The number of rotatable bonds is 17. The van der Waals surface area contributed by atoms with Crippen molar-refractivity contribution < 1.29 is 28.9 Å². The van der Waals surface area contributed by atoms with E-state index in [0.29, 0.717) is 12.3 Å². The van der Waals surface area contributed by atoms with Gasteiger partial charge in [-0.25, -0.2) is 4.79 Å². The van der Waals surface area contributed by atoms with Gasteiger partial charge >= 0.3 is 11.9 Å². The minimum absolute atomic E-state index is 0.0777. The van der Waals surface area contributed by atoms with Crippen molar-refractivity contribution in [3.63, 3.8) is 0 Å². The van der Waals surface area contributed by atoms with Crippen LogP contribution in [0, 0.1) is 11.8 Å². The van der Waals surface area contributed by atoms with Crippen molar-refractivity contribution in [3.8, 4) is 5.75 Å². The molecule has 0 aromatic heterocycles. The lowest BCUT2D eigenvalue weighted by atomic mass is 9.83. The molecule has 0 heterocycles. The van der Waals surface area contributed by atoms with Crippen LogP contribution in [0.2, 0.25) is 0 Å². The molecule has 1 aliphatic rings. The molecule has 6 nitrogen and oxygen atoms in total. The van der Waals surface area contributed by atoms with Gasteiger partial charge in [0.2, 0.25) is 0 Å². The topological polar surface area (TPSA) is 82.1 Å². The highest BCUT2D eigenvalue weighted by atomic mass is 16.6. The fourth-order valence-electron chi connectivity index (χ4n) is 5.46. The molecule has 1 fully saturated rings. The van der Waals surface area contributed by atoms with Crippen LogP contribution in [0.3, 0.4) is 0 Å². The van der Waals surface area contributed by atoms with E-state index in [9.17, 15) is 14.7 Å². The summed E-state index contributed by atoms with van der Waals surface area (Å²) < 4.78 is 16.5. The molecule has 1 aromatic carbocycles. The molecule has 0 amide bonds. The number of ether oxygens (including phenoxy) is 3. The van der Waals surface area contributed by atoms with Crippen molar-refractivity contribution in [2.24, 2.45) is 11.8 Å². The van der Waals surface area contributed by atoms with Gasteiger partial charge in [0.05, 0.1) is 13.2 Å². The maximum atomic E-state index is 12.5. The first-order chi connectivity index (χ1) is 17.4. The first kappa shape index (κ1) is 30.1. The molecule has 0 radical (unpaired) electrons. The van der Waals surface area contributed by atoms with Gasteiger partial charge in [-0.05, 0) is 80.4 Å². The average Bonchev–Trinajstić information content (AvgIpc) is 3.25. The average molecular weight is 505 g/mol. The summed E-state index contributed by atoms with van der Waals surface area (Å²) in [6.07, 6.45) is 11.3. The van der Waals surface area contributed by atoms with Gasteiger partial charge in [0.25, 0.3) is 0 Å². The lowest BCUT2D eigenvalue weighted by Crippen LogP contribution is -2.27. The summed E-state index contributed by atoms with van der Waals surface area (Å²) in [5, 5.41) is 10.6. The molecule has 1 aromatic rings. The number of aliphatic hydroxyl groups excluding tert-OH is 1. The fraction of sp³-hybridized carbons (Fsp3) is 0.733. The van der Waals surface area contributed by atoms with Gasteiger partial charge in [-0.1, -0.05) is 58.6 Å². The molecule has 1 saturated carbocycles.